The fraction of sp³-hybridized carbons (Fsp3) is 0.435. The highest BCUT2D eigenvalue weighted by molar-refractivity contribution is 5.76. The van der Waals surface area contributed by atoms with Gasteiger partial charge < -0.3 is 24.8 Å². The zero-order valence-electron chi connectivity index (χ0n) is 16.9. The number of nitrogens with one attached hydrogen (secondary N) is 2. The van der Waals surface area contributed by atoms with Gasteiger partial charge in [0.25, 0.3) is 0 Å². The van der Waals surface area contributed by atoms with Crippen LogP contribution in [0.5, 0.6) is 0 Å². The van der Waals surface area contributed by atoms with Crippen molar-refractivity contribution in [3.8, 4) is 0 Å². The average Bonchev–Trinajstić information content (AvgIpc) is 2.75. The Morgan fingerprint density at radius 3 is 2.21 bits per heavy atom. The molecule has 1 heterocycles. The molecule has 1 saturated heterocycles. The van der Waals surface area contributed by atoms with Crippen molar-refractivity contribution >= 4 is 6.03 Å². The van der Waals surface area contributed by atoms with E-state index in [0.29, 0.717) is 19.6 Å². The Balaban J connectivity index is 1.67. The lowest BCUT2D eigenvalue weighted by atomic mass is 9.91. The highest BCUT2D eigenvalue weighted by Crippen LogP contribution is 2.19. The monoisotopic (exact) mass is 398 g/mol. The van der Waals surface area contributed by atoms with Gasteiger partial charge in [0, 0.05) is 7.11 Å². The number of amides is 2. The predicted octanol–water partition coefficient (Wildman–Crippen LogP) is 2.92. The third-order valence-electron chi connectivity index (χ3n) is 5.09. The van der Waals surface area contributed by atoms with Gasteiger partial charge in [-0.25, -0.2) is 4.79 Å². The minimum atomic E-state index is -0.195. The molecule has 3 rings (SSSR count). The molecule has 0 spiro atoms. The number of carbonyl (C=O) groups is 1. The predicted molar refractivity (Wildman–Crippen MR) is 112 cm³/mol. The van der Waals surface area contributed by atoms with Crippen LogP contribution < -0.4 is 10.6 Å². The van der Waals surface area contributed by atoms with Crippen molar-refractivity contribution in [3.63, 3.8) is 0 Å². The van der Waals surface area contributed by atoms with Crippen LogP contribution in [-0.2, 0) is 27.1 Å². The van der Waals surface area contributed by atoms with Gasteiger partial charge in [-0.05, 0) is 30.4 Å². The summed E-state index contributed by atoms with van der Waals surface area (Å²) in [7, 11) is 1.64. The molecule has 1 aliphatic rings. The molecule has 6 nitrogen and oxygen atoms in total. The standard InChI is InChI=1S/C23H30N2O4/c1-27-14-15-28-17-29-22-20(13-12-18-8-4-2-5-9-18)24-23(26)25-21(22)16-19-10-6-3-7-11-19/h2-11,20-22H,12-17H2,1H3,(H2,24,25,26)/t20-,21-,22-/m1/s1. The maximum atomic E-state index is 12.3. The summed E-state index contributed by atoms with van der Waals surface area (Å²) in [4.78, 5) is 12.3. The van der Waals surface area contributed by atoms with Gasteiger partial charge in [0.1, 0.15) is 12.9 Å². The second kappa shape index (κ2) is 11.6. The maximum Gasteiger partial charge on any atom is 0.315 e. The molecule has 6 heteroatoms. The van der Waals surface area contributed by atoms with Crippen LogP contribution in [0, 0.1) is 0 Å². The Kier molecular flexibility index (Phi) is 8.49. The van der Waals surface area contributed by atoms with Crippen LogP contribution in [0.4, 0.5) is 4.79 Å². The topological polar surface area (TPSA) is 68.8 Å². The first-order valence-corrected chi connectivity index (χ1v) is 10.1. The number of hydrogen-bond acceptors (Lipinski definition) is 4. The van der Waals surface area contributed by atoms with Crippen LogP contribution in [0.1, 0.15) is 17.5 Å². The van der Waals surface area contributed by atoms with Crippen LogP contribution >= 0.6 is 0 Å². The summed E-state index contributed by atoms with van der Waals surface area (Å²) < 4.78 is 16.6. The van der Waals surface area contributed by atoms with Crippen LogP contribution in [0.25, 0.3) is 0 Å². The van der Waals surface area contributed by atoms with Gasteiger partial charge in [0.15, 0.2) is 0 Å². The van der Waals surface area contributed by atoms with Gasteiger partial charge >= 0.3 is 6.03 Å². The Morgan fingerprint density at radius 1 is 0.862 bits per heavy atom. The summed E-state index contributed by atoms with van der Waals surface area (Å²) in [5, 5.41) is 6.09. The Bertz CT molecular complexity index is 726. The number of rotatable bonds is 11. The molecule has 2 N–H and O–H groups in total. The number of methoxy groups -OCH3 is 1. The van der Waals surface area contributed by atoms with E-state index in [1.165, 1.54) is 5.56 Å². The largest absolute Gasteiger partial charge is 0.382 e. The zero-order chi connectivity index (χ0) is 20.3. The second-order valence-corrected chi connectivity index (χ2v) is 7.19. The summed E-state index contributed by atoms with van der Waals surface area (Å²) in [6, 6.07) is 20.1. The van der Waals surface area contributed by atoms with Crippen molar-refractivity contribution in [3.05, 3.63) is 71.8 Å². The van der Waals surface area contributed by atoms with Crippen molar-refractivity contribution in [2.24, 2.45) is 0 Å². The zero-order valence-corrected chi connectivity index (χ0v) is 16.9. The van der Waals surface area contributed by atoms with Crippen molar-refractivity contribution in [1.82, 2.24) is 10.6 Å². The molecule has 2 amide bonds. The van der Waals surface area contributed by atoms with E-state index in [-0.39, 0.29) is 31.0 Å². The molecular formula is C23H30N2O4. The number of benzene rings is 2. The minimum absolute atomic E-state index is 0.0938. The Hall–Kier alpha value is -2.41. The van der Waals surface area contributed by atoms with Crippen molar-refractivity contribution in [2.45, 2.75) is 37.5 Å². The lowest BCUT2D eigenvalue weighted by molar-refractivity contribution is -0.118. The molecule has 29 heavy (non-hydrogen) atoms. The maximum absolute atomic E-state index is 12.3. The van der Waals surface area contributed by atoms with Crippen LogP contribution in [0.3, 0.4) is 0 Å². The van der Waals surface area contributed by atoms with Gasteiger partial charge in [-0.1, -0.05) is 60.7 Å². The number of ether oxygens (including phenoxy) is 3. The first kappa shape index (κ1) is 21.3. The molecule has 1 aliphatic heterocycles. The van der Waals surface area contributed by atoms with Gasteiger partial charge in [0.2, 0.25) is 0 Å². The number of urea groups is 1. The third kappa shape index (κ3) is 6.85. The number of carbonyl (C=O) groups excluding carboxylic acids is 1. The lowest BCUT2D eigenvalue weighted by Crippen LogP contribution is -2.64. The first-order chi connectivity index (χ1) is 14.3. The van der Waals surface area contributed by atoms with Gasteiger partial charge in [0.05, 0.1) is 25.3 Å². The van der Waals surface area contributed by atoms with Gasteiger partial charge in [-0.2, -0.15) is 0 Å². The van der Waals surface area contributed by atoms with Gasteiger partial charge in [-0.15, -0.1) is 0 Å². The average molecular weight is 399 g/mol. The summed E-state index contributed by atoms with van der Waals surface area (Å²) in [6.07, 6.45) is 2.18. The molecule has 0 saturated carbocycles. The first-order valence-electron chi connectivity index (χ1n) is 10.1. The quantitative estimate of drug-likeness (QED) is 0.451. The third-order valence-corrected chi connectivity index (χ3v) is 5.09. The smallest absolute Gasteiger partial charge is 0.315 e. The minimum Gasteiger partial charge on any atom is -0.382 e. The summed E-state index contributed by atoms with van der Waals surface area (Å²) >= 11 is 0. The molecule has 2 aromatic rings. The van der Waals surface area contributed by atoms with Crippen LogP contribution in [-0.4, -0.2) is 51.3 Å². The van der Waals surface area contributed by atoms with E-state index in [9.17, 15) is 4.79 Å². The van der Waals surface area contributed by atoms with E-state index in [2.05, 4.69) is 34.9 Å². The number of aryl methyl sites for hydroxylation is 1. The van der Waals surface area contributed by atoms with E-state index in [0.717, 1.165) is 18.4 Å². The lowest BCUT2D eigenvalue weighted by Gasteiger charge is -2.39. The molecule has 0 aliphatic carbocycles. The number of hydrogen-bond donors (Lipinski definition) is 2. The van der Waals surface area contributed by atoms with Crippen LogP contribution in [0.2, 0.25) is 0 Å². The molecule has 3 atom stereocenters. The van der Waals surface area contributed by atoms with Crippen LogP contribution in [0.15, 0.2) is 60.7 Å². The van der Waals surface area contributed by atoms with E-state index in [1.54, 1.807) is 7.11 Å². The Morgan fingerprint density at radius 2 is 1.52 bits per heavy atom. The SMILES string of the molecule is COCCOCO[C@@H]1[C@@H](CCc2ccccc2)NC(=O)N[C@@H]1Cc1ccccc1. The molecule has 1 fully saturated rings. The molecule has 0 aromatic heterocycles. The molecular weight excluding hydrogens is 368 g/mol. The fourth-order valence-corrected chi connectivity index (χ4v) is 3.62. The summed E-state index contributed by atoms with van der Waals surface area (Å²) in [5.74, 6) is 0. The highest BCUT2D eigenvalue weighted by Gasteiger charge is 2.37. The van der Waals surface area contributed by atoms with E-state index in [1.807, 2.05) is 36.4 Å². The van der Waals surface area contributed by atoms with E-state index < -0.39 is 0 Å². The van der Waals surface area contributed by atoms with Crippen molar-refractivity contribution < 1.29 is 19.0 Å². The van der Waals surface area contributed by atoms with Crippen molar-refractivity contribution in [1.29, 1.82) is 0 Å². The fourth-order valence-electron chi connectivity index (χ4n) is 3.62. The Labute approximate surface area is 172 Å². The summed E-state index contributed by atoms with van der Waals surface area (Å²) in [6.45, 7) is 1.16. The second-order valence-electron chi connectivity index (χ2n) is 7.19. The highest BCUT2D eigenvalue weighted by atomic mass is 16.7. The molecule has 0 radical (unpaired) electrons. The molecule has 0 unspecified atom stereocenters. The molecule has 156 valence electrons. The normalized spacial score (nSPS) is 21.4. The molecule has 0 bridgehead atoms. The van der Waals surface area contributed by atoms with E-state index in [4.69, 9.17) is 14.2 Å². The van der Waals surface area contributed by atoms with Gasteiger partial charge in [-0.3, -0.25) is 0 Å². The van der Waals surface area contributed by atoms with Crippen molar-refractivity contribution in [2.75, 3.05) is 27.1 Å². The summed E-state index contributed by atoms with van der Waals surface area (Å²) in [5.41, 5.74) is 2.41. The van der Waals surface area contributed by atoms with E-state index >= 15 is 0 Å². The molecule has 2 aromatic carbocycles.